The van der Waals surface area contributed by atoms with Crippen molar-refractivity contribution >= 4 is 33.8 Å². The third kappa shape index (κ3) is 2.02. The van der Waals surface area contributed by atoms with Crippen molar-refractivity contribution in [1.82, 2.24) is 34.1 Å². The van der Waals surface area contributed by atoms with Crippen molar-refractivity contribution in [2.45, 2.75) is 31.3 Å². The zero-order valence-corrected chi connectivity index (χ0v) is 15.3. The predicted molar refractivity (Wildman–Crippen MR) is 99.9 cm³/mol. The van der Waals surface area contributed by atoms with E-state index in [2.05, 4.69) is 25.3 Å². The van der Waals surface area contributed by atoms with Crippen LogP contribution in [0.4, 0.5) is 0 Å². The first-order chi connectivity index (χ1) is 13.7. The fraction of sp³-hybridized carbons (Fsp3) is 0.278. The van der Waals surface area contributed by atoms with Crippen LogP contribution in [0.3, 0.4) is 0 Å². The van der Waals surface area contributed by atoms with E-state index in [-0.39, 0.29) is 5.89 Å². The molecule has 1 N–H and O–H groups in total. The molecule has 0 saturated heterocycles. The molecule has 9 nitrogen and oxygen atoms in total. The molecule has 1 saturated carbocycles. The van der Waals surface area contributed by atoms with Gasteiger partial charge in [-0.3, -0.25) is 8.80 Å². The van der Waals surface area contributed by atoms with E-state index in [1.54, 1.807) is 10.6 Å². The molecule has 1 aliphatic carbocycles. The number of rotatable bonds is 2. The van der Waals surface area contributed by atoms with E-state index in [1.807, 2.05) is 28.7 Å². The number of imidazole rings is 1. The van der Waals surface area contributed by atoms with Gasteiger partial charge < -0.3 is 9.63 Å². The summed E-state index contributed by atoms with van der Waals surface area (Å²) in [6.45, 7) is 0. The number of hydrogen-bond donors (Lipinski definition) is 1. The maximum absolute atomic E-state index is 10.7. The fourth-order valence-electron chi connectivity index (χ4n) is 4.06. The molecule has 1 aromatic carbocycles. The minimum absolute atomic E-state index is 0.192. The van der Waals surface area contributed by atoms with Crippen molar-refractivity contribution in [3.8, 4) is 11.7 Å². The van der Waals surface area contributed by atoms with Crippen LogP contribution in [-0.4, -0.2) is 39.2 Å². The van der Waals surface area contributed by atoms with Crippen LogP contribution >= 0.6 is 11.6 Å². The fourth-order valence-corrected chi connectivity index (χ4v) is 4.29. The van der Waals surface area contributed by atoms with Gasteiger partial charge in [-0.15, -0.1) is 10.2 Å². The van der Waals surface area contributed by atoms with Gasteiger partial charge in [-0.2, -0.15) is 4.98 Å². The third-order valence-electron chi connectivity index (χ3n) is 5.44. The molecule has 4 heterocycles. The van der Waals surface area contributed by atoms with E-state index in [9.17, 15) is 5.11 Å². The Bertz CT molecular complexity index is 1360. The molecule has 1 aliphatic rings. The molecule has 0 spiro atoms. The summed E-state index contributed by atoms with van der Waals surface area (Å²) in [6.07, 6.45) is 4.78. The van der Waals surface area contributed by atoms with Gasteiger partial charge in [-0.25, -0.2) is 4.98 Å². The number of para-hydroxylation sites is 1. The molecule has 0 amide bonds. The Balaban J connectivity index is 1.65. The van der Waals surface area contributed by atoms with Gasteiger partial charge in [-0.1, -0.05) is 17.3 Å². The number of hydrogen-bond acceptors (Lipinski definition) is 7. The average molecular weight is 396 g/mol. The molecule has 0 aliphatic heterocycles. The Morgan fingerprint density at radius 1 is 1.11 bits per heavy atom. The van der Waals surface area contributed by atoms with Crippen LogP contribution in [-0.2, 0) is 5.60 Å². The summed E-state index contributed by atoms with van der Waals surface area (Å²) in [7, 11) is 0. The van der Waals surface area contributed by atoms with Crippen LogP contribution in [0.2, 0.25) is 5.28 Å². The Kier molecular flexibility index (Phi) is 3.13. The minimum atomic E-state index is -1.04. The molecule has 28 heavy (non-hydrogen) atoms. The predicted octanol–water partition coefficient (Wildman–Crippen LogP) is 3.00. The molecule has 10 heteroatoms. The number of benzene rings is 1. The van der Waals surface area contributed by atoms with Crippen LogP contribution in [0.15, 0.2) is 35.0 Å². The summed E-state index contributed by atoms with van der Waals surface area (Å²) in [4.78, 5) is 8.67. The first kappa shape index (κ1) is 16.0. The molecule has 0 radical (unpaired) electrons. The topological polar surface area (TPSA) is 107 Å². The summed E-state index contributed by atoms with van der Waals surface area (Å²) in [5.41, 5.74) is 1.15. The molecule has 0 unspecified atom stereocenters. The Morgan fingerprint density at radius 2 is 1.93 bits per heavy atom. The maximum Gasteiger partial charge on any atom is 0.296 e. The highest BCUT2D eigenvalue weighted by Crippen LogP contribution is 2.37. The first-order valence-electron chi connectivity index (χ1n) is 9.01. The molecule has 0 bridgehead atoms. The molecular formula is C18H14ClN7O2. The Hall–Kier alpha value is -3.04. The van der Waals surface area contributed by atoms with E-state index in [4.69, 9.17) is 16.1 Å². The number of halogens is 1. The summed E-state index contributed by atoms with van der Waals surface area (Å²) in [5.74, 6) is 0.861. The van der Waals surface area contributed by atoms with Crippen molar-refractivity contribution < 1.29 is 9.63 Å². The second kappa shape index (κ2) is 5.49. The average Bonchev–Trinajstić information content (AvgIpc) is 3.47. The van der Waals surface area contributed by atoms with Crippen LogP contribution < -0.4 is 0 Å². The normalized spacial score (nSPS) is 16.6. The largest absolute Gasteiger partial charge is 0.382 e. The van der Waals surface area contributed by atoms with Crippen molar-refractivity contribution in [2.24, 2.45) is 0 Å². The summed E-state index contributed by atoms with van der Waals surface area (Å²) < 4.78 is 9.06. The lowest BCUT2D eigenvalue weighted by molar-refractivity contribution is 0.0328. The van der Waals surface area contributed by atoms with E-state index in [0.29, 0.717) is 41.1 Å². The van der Waals surface area contributed by atoms with Crippen molar-refractivity contribution in [3.63, 3.8) is 0 Å². The van der Waals surface area contributed by atoms with Crippen LogP contribution in [0.5, 0.6) is 0 Å². The molecule has 4 aromatic heterocycles. The lowest BCUT2D eigenvalue weighted by Crippen LogP contribution is -2.22. The molecule has 140 valence electrons. The minimum Gasteiger partial charge on any atom is -0.382 e. The summed E-state index contributed by atoms with van der Waals surface area (Å²) in [5, 5.41) is 24.6. The van der Waals surface area contributed by atoms with E-state index < -0.39 is 5.60 Å². The van der Waals surface area contributed by atoms with Crippen molar-refractivity contribution in [3.05, 3.63) is 41.6 Å². The first-order valence-corrected chi connectivity index (χ1v) is 9.39. The van der Waals surface area contributed by atoms with E-state index in [1.165, 1.54) is 0 Å². The standard InChI is InChI=1S/C18H14ClN7O2/c19-17-20-9-12-25(17)11-6-2-1-5-10(11)13-22-23-14(26(12)13)15-21-16(24-28-15)18(27)7-3-4-8-18/h1-2,5-6,9,27H,3-4,7-8H2. The molecule has 1 fully saturated rings. The number of nitrogens with zero attached hydrogens (tertiary/aromatic N) is 7. The Labute approximate surface area is 162 Å². The lowest BCUT2D eigenvalue weighted by Gasteiger charge is -2.16. The highest BCUT2D eigenvalue weighted by Gasteiger charge is 2.38. The Morgan fingerprint density at radius 3 is 2.79 bits per heavy atom. The van der Waals surface area contributed by atoms with Gasteiger partial charge in [-0.05, 0) is 49.4 Å². The molecule has 6 rings (SSSR count). The van der Waals surface area contributed by atoms with Gasteiger partial charge in [0.05, 0.1) is 11.7 Å². The van der Waals surface area contributed by atoms with Crippen LogP contribution in [0, 0.1) is 0 Å². The van der Waals surface area contributed by atoms with Gasteiger partial charge >= 0.3 is 0 Å². The van der Waals surface area contributed by atoms with Crippen LogP contribution in [0.1, 0.15) is 31.5 Å². The molecule has 5 aromatic rings. The van der Waals surface area contributed by atoms with Crippen molar-refractivity contribution in [1.29, 1.82) is 0 Å². The number of aliphatic hydroxyl groups is 1. The quantitative estimate of drug-likeness (QED) is 0.489. The van der Waals surface area contributed by atoms with E-state index in [0.717, 1.165) is 23.7 Å². The number of aromatic nitrogens is 7. The monoisotopic (exact) mass is 395 g/mol. The van der Waals surface area contributed by atoms with Crippen LogP contribution in [0.25, 0.3) is 33.9 Å². The third-order valence-corrected chi connectivity index (χ3v) is 5.71. The van der Waals surface area contributed by atoms with E-state index >= 15 is 0 Å². The smallest absolute Gasteiger partial charge is 0.296 e. The van der Waals surface area contributed by atoms with Gasteiger partial charge in [0, 0.05) is 5.39 Å². The number of fused-ring (bicyclic) bond motifs is 6. The van der Waals surface area contributed by atoms with Gasteiger partial charge in [0.1, 0.15) is 11.2 Å². The second-order valence-corrected chi connectivity index (χ2v) is 7.42. The van der Waals surface area contributed by atoms with Gasteiger partial charge in [0.15, 0.2) is 5.65 Å². The van der Waals surface area contributed by atoms with Gasteiger partial charge in [0.2, 0.25) is 16.9 Å². The maximum atomic E-state index is 10.7. The summed E-state index contributed by atoms with van der Waals surface area (Å²) >= 11 is 6.34. The summed E-state index contributed by atoms with van der Waals surface area (Å²) in [6, 6.07) is 7.75. The second-order valence-electron chi connectivity index (χ2n) is 7.08. The molecule has 0 atom stereocenters. The SMILES string of the molecule is OC1(c2noc(-c3nnc4c5ccccc5n5c(Cl)ncc5n34)n2)CCCC1. The highest BCUT2D eigenvalue weighted by molar-refractivity contribution is 6.29. The molecular weight excluding hydrogens is 382 g/mol. The zero-order valence-electron chi connectivity index (χ0n) is 14.6. The lowest BCUT2D eigenvalue weighted by atomic mass is 10.0. The zero-order chi connectivity index (χ0) is 18.9. The van der Waals surface area contributed by atoms with Gasteiger partial charge in [0.25, 0.3) is 5.89 Å². The van der Waals surface area contributed by atoms with Crippen molar-refractivity contribution in [2.75, 3.05) is 0 Å². The highest BCUT2D eigenvalue weighted by atomic mass is 35.5.